The second kappa shape index (κ2) is 9.65. The fourth-order valence-corrected chi connectivity index (χ4v) is 4.37. The van der Waals surface area contributed by atoms with Gasteiger partial charge in [0.2, 0.25) is 0 Å². The molecule has 0 aliphatic heterocycles. The van der Waals surface area contributed by atoms with Crippen molar-refractivity contribution in [3.8, 4) is 0 Å². The summed E-state index contributed by atoms with van der Waals surface area (Å²) < 4.78 is 55.6. The van der Waals surface area contributed by atoms with E-state index in [1.165, 1.54) is 42.5 Å². The van der Waals surface area contributed by atoms with Crippen molar-refractivity contribution in [2.75, 3.05) is 4.72 Å². The molecular formula is C22H20F2N4O4S. The van der Waals surface area contributed by atoms with Gasteiger partial charge in [0.1, 0.15) is 11.6 Å². The number of halogens is 2. The lowest BCUT2D eigenvalue weighted by Gasteiger charge is -2.18. The van der Waals surface area contributed by atoms with Crippen molar-refractivity contribution < 1.29 is 27.1 Å². The van der Waals surface area contributed by atoms with E-state index < -0.39 is 40.0 Å². The first kappa shape index (κ1) is 23.7. The number of carbonyl (C=O) groups is 1. The minimum Gasteiger partial charge on any atom is -0.481 e. The number of nitrogens with one attached hydrogen (secondary N) is 1. The zero-order chi connectivity index (χ0) is 24.2. The van der Waals surface area contributed by atoms with Gasteiger partial charge >= 0.3 is 5.97 Å². The summed E-state index contributed by atoms with van der Waals surface area (Å²) in [6, 6.07) is 14.3. The number of guanidine groups is 1. The molecule has 3 aromatic rings. The van der Waals surface area contributed by atoms with Crippen LogP contribution >= 0.6 is 0 Å². The highest BCUT2D eigenvalue weighted by atomic mass is 32.2. The monoisotopic (exact) mass is 474 g/mol. The van der Waals surface area contributed by atoms with Crippen LogP contribution in [0.4, 0.5) is 20.2 Å². The summed E-state index contributed by atoms with van der Waals surface area (Å²) in [5, 5.41) is 9.31. The predicted molar refractivity (Wildman–Crippen MR) is 120 cm³/mol. The van der Waals surface area contributed by atoms with Crippen molar-refractivity contribution in [3.63, 3.8) is 0 Å². The summed E-state index contributed by atoms with van der Waals surface area (Å²) in [5.41, 5.74) is 11.5. The third-order valence-electron chi connectivity index (χ3n) is 4.59. The maximum atomic E-state index is 13.7. The zero-order valence-electron chi connectivity index (χ0n) is 17.1. The van der Waals surface area contributed by atoms with Crippen LogP contribution in [0.1, 0.15) is 23.5 Å². The van der Waals surface area contributed by atoms with E-state index >= 15 is 0 Å². The molecule has 0 aromatic heterocycles. The van der Waals surface area contributed by atoms with Crippen LogP contribution in [0, 0.1) is 11.6 Å². The lowest BCUT2D eigenvalue weighted by molar-refractivity contribution is -0.137. The van der Waals surface area contributed by atoms with Crippen molar-refractivity contribution in [3.05, 3.63) is 89.5 Å². The molecule has 3 aromatic carbocycles. The molecule has 33 heavy (non-hydrogen) atoms. The molecule has 0 amide bonds. The van der Waals surface area contributed by atoms with Gasteiger partial charge in [0.25, 0.3) is 10.0 Å². The van der Waals surface area contributed by atoms with E-state index in [1.807, 2.05) is 0 Å². The van der Waals surface area contributed by atoms with Crippen molar-refractivity contribution in [1.82, 2.24) is 0 Å². The van der Waals surface area contributed by atoms with E-state index in [-0.39, 0.29) is 27.8 Å². The minimum absolute atomic E-state index is 0.107. The zero-order valence-corrected chi connectivity index (χ0v) is 17.9. The van der Waals surface area contributed by atoms with Gasteiger partial charge in [0, 0.05) is 17.7 Å². The Morgan fingerprint density at radius 3 is 2.27 bits per heavy atom. The maximum Gasteiger partial charge on any atom is 0.304 e. The average molecular weight is 474 g/mol. The van der Waals surface area contributed by atoms with Gasteiger partial charge in [-0.2, -0.15) is 0 Å². The van der Waals surface area contributed by atoms with E-state index in [1.54, 1.807) is 6.07 Å². The Morgan fingerprint density at radius 1 is 0.970 bits per heavy atom. The molecule has 8 nitrogen and oxygen atoms in total. The van der Waals surface area contributed by atoms with Crippen LogP contribution in [-0.4, -0.2) is 25.5 Å². The third-order valence-corrected chi connectivity index (χ3v) is 5.97. The molecule has 0 spiro atoms. The largest absolute Gasteiger partial charge is 0.481 e. The number of carboxylic acid groups (broad SMARTS) is 1. The number of aliphatic carboxylic acids is 1. The molecule has 0 heterocycles. The highest BCUT2D eigenvalue weighted by Crippen LogP contribution is 2.31. The molecule has 0 saturated heterocycles. The first-order chi connectivity index (χ1) is 15.5. The molecular weight excluding hydrogens is 454 g/mol. The second-order valence-corrected chi connectivity index (χ2v) is 8.80. The summed E-state index contributed by atoms with van der Waals surface area (Å²) in [6.07, 6.45) is -0.459. The summed E-state index contributed by atoms with van der Waals surface area (Å²) in [4.78, 5) is 15.1. The number of rotatable bonds is 8. The molecule has 11 heteroatoms. The van der Waals surface area contributed by atoms with E-state index in [0.717, 1.165) is 12.1 Å². The second-order valence-electron chi connectivity index (χ2n) is 7.12. The molecule has 0 bridgehead atoms. The normalized spacial score (nSPS) is 12.1. The van der Waals surface area contributed by atoms with E-state index in [9.17, 15) is 27.1 Å². The third kappa shape index (κ3) is 6.26. The molecule has 1 unspecified atom stereocenters. The molecule has 6 N–H and O–H groups in total. The fraction of sp³-hybridized carbons (Fsp3) is 0.0909. The van der Waals surface area contributed by atoms with Crippen molar-refractivity contribution in [2.45, 2.75) is 17.2 Å². The van der Waals surface area contributed by atoms with E-state index in [4.69, 9.17) is 11.5 Å². The van der Waals surface area contributed by atoms with Gasteiger partial charge in [0.05, 0.1) is 17.0 Å². The van der Waals surface area contributed by atoms with Crippen LogP contribution in [0.2, 0.25) is 0 Å². The van der Waals surface area contributed by atoms with Gasteiger partial charge in [0.15, 0.2) is 5.96 Å². The van der Waals surface area contributed by atoms with Gasteiger partial charge in [-0.15, -0.1) is 0 Å². The van der Waals surface area contributed by atoms with Crippen molar-refractivity contribution in [1.29, 1.82) is 0 Å². The van der Waals surface area contributed by atoms with Crippen LogP contribution in [0.25, 0.3) is 0 Å². The number of sulfonamides is 1. The summed E-state index contributed by atoms with van der Waals surface area (Å²) in [7, 11) is -4.05. The first-order valence-corrected chi connectivity index (χ1v) is 11.0. The Labute approximate surface area is 188 Å². The molecule has 0 radical (unpaired) electrons. The van der Waals surface area contributed by atoms with Gasteiger partial charge in [-0.05, 0) is 53.6 Å². The van der Waals surface area contributed by atoms with Crippen LogP contribution in [0.15, 0.2) is 76.6 Å². The molecule has 172 valence electrons. The topological polar surface area (TPSA) is 148 Å². The van der Waals surface area contributed by atoms with Gasteiger partial charge in [-0.25, -0.2) is 22.2 Å². The predicted octanol–water partition coefficient (Wildman–Crippen LogP) is 3.28. The smallest absolute Gasteiger partial charge is 0.304 e. The van der Waals surface area contributed by atoms with Crippen molar-refractivity contribution >= 4 is 33.3 Å². The molecule has 1 atom stereocenters. The van der Waals surface area contributed by atoms with Crippen LogP contribution in [0.5, 0.6) is 0 Å². The first-order valence-electron chi connectivity index (χ1n) is 9.54. The Kier molecular flexibility index (Phi) is 6.92. The summed E-state index contributed by atoms with van der Waals surface area (Å²) in [5.74, 6) is -4.03. The molecule has 0 fully saturated rings. The number of carboxylic acids is 1. The average Bonchev–Trinajstić information content (AvgIpc) is 2.71. The lowest BCUT2D eigenvalue weighted by Crippen LogP contribution is -2.22. The number of nitrogens with two attached hydrogens (primary N) is 2. The quantitative estimate of drug-likeness (QED) is 0.291. The molecule has 0 saturated carbocycles. The highest BCUT2D eigenvalue weighted by Gasteiger charge is 2.21. The Hall–Kier alpha value is -3.99. The summed E-state index contributed by atoms with van der Waals surface area (Å²) in [6.45, 7) is 0. The SMILES string of the molecule is NC(N)=Nc1cccc(S(=O)(=O)Nc2cccc(C(CC(=O)O)c3cc(F)cc(F)c3)c2)c1. The van der Waals surface area contributed by atoms with Crippen LogP contribution in [0.3, 0.4) is 0 Å². The minimum atomic E-state index is -4.05. The number of hydrogen-bond donors (Lipinski definition) is 4. The number of benzene rings is 3. The molecule has 3 rings (SSSR count). The Balaban J connectivity index is 1.96. The maximum absolute atomic E-state index is 13.7. The van der Waals surface area contributed by atoms with Crippen molar-refractivity contribution in [2.24, 2.45) is 16.5 Å². The van der Waals surface area contributed by atoms with Crippen LogP contribution in [-0.2, 0) is 14.8 Å². The number of aliphatic imine (C=N–C) groups is 1. The highest BCUT2D eigenvalue weighted by molar-refractivity contribution is 7.92. The Bertz CT molecular complexity index is 1310. The van der Waals surface area contributed by atoms with Gasteiger partial charge < -0.3 is 16.6 Å². The fourth-order valence-electron chi connectivity index (χ4n) is 3.28. The van der Waals surface area contributed by atoms with Crippen LogP contribution < -0.4 is 16.2 Å². The lowest BCUT2D eigenvalue weighted by atomic mass is 9.88. The number of nitrogens with zero attached hydrogens (tertiary/aromatic N) is 1. The van der Waals surface area contributed by atoms with E-state index in [0.29, 0.717) is 11.6 Å². The van der Waals surface area contributed by atoms with E-state index in [2.05, 4.69) is 9.71 Å². The Morgan fingerprint density at radius 2 is 1.64 bits per heavy atom. The molecule has 0 aliphatic carbocycles. The summed E-state index contributed by atoms with van der Waals surface area (Å²) >= 11 is 0. The number of anilines is 1. The van der Waals surface area contributed by atoms with Gasteiger partial charge in [-0.1, -0.05) is 18.2 Å². The standard InChI is InChI=1S/C22H20F2N4O4S/c23-15-7-14(8-16(24)10-15)20(12-21(29)30)13-3-1-5-18(9-13)28-33(31,32)19-6-2-4-17(11-19)27-22(25)26/h1-11,20,28H,12H2,(H,29,30)(H4,25,26,27). The van der Waals surface area contributed by atoms with Gasteiger partial charge in [-0.3, -0.25) is 9.52 Å². The molecule has 0 aliphatic rings. The number of hydrogen-bond acceptors (Lipinski definition) is 4.